The second kappa shape index (κ2) is 10.8. The number of nitrogens with one attached hydrogen (secondary N) is 4. The van der Waals surface area contributed by atoms with E-state index in [0.717, 1.165) is 19.3 Å². The molecule has 1 aliphatic rings. The SMILES string of the molecule is COC(=O)NC(Cc1ccc(NC(=O)c2cccc(NC3=NCCN3)c2)cc1OC)C(=O)O. The van der Waals surface area contributed by atoms with Crippen LogP contribution in [0, 0.1) is 0 Å². The molecule has 0 aliphatic carbocycles. The Balaban J connectivity index is 1.70. The summed E-state index contributed by atoms with van der Waals surface area (Å²) in [6, 6.07) is 10.6. The number of rotatable bonds is 8. The summed E-state index contributed by atoms with van der Waals surface area (Å²) in [5.41, 5.74) is 2.17. The Hall–Kier alpha value is -4.28. The molecule has 174 valence electrons. The van der Waals surface area contributed by atoms with E-state index >= 15 is 0 Å². The average Bonchev–Trinajstić information content (AvgIpc) is 3.32. The summed E-state index contributed by atoms with van der Waals surface area (Å²) >= 11 is 0. The Morgan fingerprint density at radius 2 is 1.97 bits per heavy atom. The predicted molar refractivity (Wildman–Crippen MR) is 122 cm³/mol. The molecule has 5 N–H and O–H groups in total. The van der Waals surface area contributed by atoms with Crippen LogP contribution >= 0.6 is 0 Å². The third kappa shape index (κ3) is 6.35. The van der Waals surface area contributed by atoms with Gasteiger partial charge in [-0.25, -0.2) is 9.59 Å². The second-order valence-corrected chi connectivity index (χ2v) is 7.07. The van der Waals surface area contributed by atoms with Gasteiger partial charge in [-0.1, -0.05) is 12.1 Å². The fourth-order valence-corrected chi connectivity index (χ4v) is 3.17. The van der Waals surface area contributed by atoms with Crippen LogP contribution in [0.15, 0.2) is 47.5 Å². The standard InChI is InChI=1S/C22H25N5O6/c1-32-18-12-16(7-6-13(18)11-17(20(29)30)27-22(31)33-2)25-19(28)14-4-3-5-15(10-14)26-21-23-8-9-24-21/h3-7,10,12,17H,8-9,11H2,1-2H3,(H,25,28)(H,27,31)(H,29,30)(H2,23,24,26). The maximum Gasteiger partial charge on any atom is 0.407 e. The number of carboxylic acid groups (broad SMARTS) is 1. The number of nitrogens with zero attached hydrogens (tertiary/aromatic N) is 1. The van der Waals surface area contributed by atoms with Crippen LogP contribution in [0.5, 0.6) is 5.75 Å². The summed E-state index contributed by atoms with van der Waals surface area (Å²) in [6.45, 7) is 1.47. The predicted octanol–water partition coefficient (Wildman–Crippen LogP) is 1.67. The number of amides is 2. The highest BCUT2D eigenvalue weighted by atomic mass is 16.5. The number of carbonyl (C=O) groups excluding carboxylic acids is 2. The first-order valence-corrected chi connectivity index (χ1v) is 10.1. The van der Waals surface area contributed by atoms with E-state index in [2.05, 4.69) is 31.0 Å². The molecule has 3 rings (SSSR count). The Morgan fingerprint density at radius 3 is 2.64 bits per heavy atom. The van der Waals surface area contributed by atoms with E-state index in [0.29, 0.717) is 35.1 Å². The first-order chi connectivity index (χ1) is 15.9. The molecule has 0 radical (unpaired) electrons. The maximum absolute atomic E-state index is 12.7. The van der Waals surface area contributed by atoms with Crippen LogP contribution in [0.3, 0.4) is 0 Å². The van der Waals surface area contributed by atoms with Gasteiger partial charge in [0.2, 0.25) is 0 Å². The second-order valence-electron chi connectivity index (χ2n) is 7.07. The molecular weight excluding hydrogens is 430 g/mol. The van der Waals surface area contributed by atoms with Gasteiger partial charge in [-0.05, 0) is 29.8 Å². The number of carboxylic acids is 1. The molecule has 0 spiro atoms. The van der Waals surface area contributed by atoms with Gasteiger partial charge in [0.05, 0.1) is 20.8 Å². The average molecular weight is 455 g/mol. The quantitative estimate of drug-likeness (QED) is 0.403. The van der Waals surface area contributed by atoms with Crippen molar-refractivity contribution in [2.75, 3.05) is 37.9 Å². The summed E-state index contributed by atoms with van der Waals surface area (Å²) in [6.07, 6.45) is -0.884. The maximum atomic E-state index is 12.7. The van der Waals surface area contributed by atoms with Gasteiger partial charge in [0, 0.05) is 36.0 Å². The number of benzene rings is 2. The highest BCUT2D eigenvalue weighted by molar-refractivity contribution is 6.05. The number of methoxy groups -OCH3 is 2. The van der Waals surface area contributed by atoms with Crippen LogP contribution in [0.4, 0.5) is 16.2 Å². The fraction of sp³-hybridized carbons (Fsp3) is 0.273. The van der Waals surface area contributed by atoms with Gasteiger partial charge in [0.25, 0.3) is 5.91 Å². The number of carbonyl (C=O) groups is 3. The lowest BCUT2D eigenvalue weighted by atomic mass is 10.0. The third-order valence-electron chi connectivity index (χ3n) is 4.81. The molecule has 1 aliphatic heterocycles. The highest BCUT2D eigenvalue weighted by Crippen LogP contribution is 2.25. The summed E-state index contributed by atoms with van der Waals surface area (Å²) < 4.78 is 9.83. The molecule has 0 saturated heterocycles. The van der Waals surface area contributed by atoms with E-state index in [1.807, 2.05) is 6.07 Å². The molecule has 0 saturated carbocycles. The molecule has 0 fully saturated rings. The van der Waals surface area contributed by atoms with Crippen molar-refractivity contribution in [1.82, 2.24) is 10.6 Å². The normalized spacial score (nSPS) is 13.2. The van der Waals surface area contributed by atoms with Crippen molar-refractivity contribution < 1.29 is 29.0 Å². The van der Waals surface area contributed by atoms with Gasteiger partial charge >= 0.3 is 12.1 Å². The zero-order valence-electron chi connectivity index (χ0n) is 18.2. The van der Waals surface area contributed by atoms with Crippen molar-refractivity contribution in [3.63, 3.8) is 0 Å². The minimum atomic E-state index is -1.22. The molecule has 11 heteroatoms. The molecule has 33 heavy (non-hydrogen) atoms. The molecule has 1 atom stereocenters. The van der Waals surface area contributed by atoms with Gasteiger partial charge in [-0.2, -0.15) is 0 Å². The van der Waals surface area contributed by atoms with E-state index < -0.39 is 18.1 Å². The molecule has 11 nitrogen and oxygen atoms in total. The Morgan fingerprint density at radius 1 is 1.15 bits per heavy atom. The summed E-state index contributed by atoms with van der Waals surface area (Å²) in [4.78, 5) is 39.9. The van der Waals surface area contributed by atoms with E-state index in [1.165, 1.54) is 7.11 Å². The Kier molecular flexibility index (Phi) is 7.68. The van der Waals surface area contributed by atoms with Crippen molar-refractivity contribution in [1.29, 1.82) is 0 Å². The molecule has 0 aromatic heterocycles. The number of anilines is 2. The molecule has 1 heterocycles. The van der Waals surface area contributed by atoms with Crippen molar-refractivity contribution in [2.45, 2.75) is 12.5 Å². The largest absolute Gasteiger partial charge is 0.496 e. The number of ether oxygens (including phenoxy) is 2. The van der Waals surface area contributed by atoms with E-state index in [9.17, 15) is 19.5 Å². The van der Waals surface area contributed by atoms with Crippen LogP contribution in [-0.4, -0.2) is 62.4 Å². The first kappa shape index (κ1) is 23.4. The van der Waals surface area contributed by atoms with Gasteiger partial charge < -0.3 is 35.8 Å². The lowest BCUT2D eigenvalue weighted by Crippen LogP contribution is -2.42. The van der Waals surface area contributed by atoms with E-state index in [1.54, 1.807) is 36.4 Å². The zero-order chi connectivity index (χ0) is 23.8. The van der Waals surface area contributed by atoms with Crippen molar-refractivity contribution in [3.05, 3.63) is 53.6 Å². The summed E-state index contributed by atoms with van der Waals surface area (Å²) in [5, 5.41) is 20.7. The van der Waals surface area contributed by atoms with E-state index in [4.69, 9.17) is 4.74 Å². The van der Waals surface area contributed by atoms with Crippen molar-refractivity contribution in [2.24, 2.45) is 4.99 Å². The Labute approximate surface area is 190 Å². The van der Waals surface area contributed by atoms with Gasteiger partial charge in [0.15, 0.2) is 5.96 Å². The highest BCUT2D eigenvalue weighted by Gasteiger charge is 2.22. The molecule has 2 aromatic rings. The lowest BCUT2D eigenvalue weighted by molar-refractivity contribution is -0.139. The number of aliphatic carboxylic acids is 1. The zero-order valence-corrected chi connectivity index (χ0v) is 18.2. The molecular formula is C22H25N5O6. The number of aliphatic imine (C=N–C) groups is 1. The van der Waals surface area contributed by atoms with Crippen molar-refractivity contribution >= 4 is 35.3 Å². The van der Waals surface area contributed by atoms with E-state index in [-0.39, 0.29) is 12.3 Å². The first-order valence-electron chi connectivity index (χ1n) is 10.1. The van der Waals surface area contributed by atoms with Crippen LogP contribution < -0.4 is 26.0 Å². The minimum absolute atomic E-state index is 0.0343. The number of guanidine groups is 1. The molecule has 0 bridgehead atoms. The topological polar surface area (TPSA) is 150 Å². The number of hydrogen-bond donors (Lipinski definition) is 5. The monoisotopic (exact) mass is 455 g/mol. The lowest BCUT2D eigenvalue weighted by Gasteiger charge is -2.16. The van der Waals surface area contributed by atoms with Crippen LogP contribution in [0.25, 0.3) is 0 Å². The Bertz CT molecular complexity index is 1070. The number of hydrogen-bond acceptors (Lipinski definition) is 8. The number of alkyl carbamates (subject to hydrolysis) is 1. The molecule has 2 aromatic carbocycles. The fourth-order valence-electron chi connectivity index (χ4n) is 3.17. The minimum Gasteiger partial charge on any atom is -0.496 e. The van der Waals surface area contributed by atoms with Crippen molar-refractivity contribution in [3.8, 4) is 5.75 Å². The van der Waals surface area contributed by atoms with Crippen LogP contribution in [-0.2, 0) is 16.0 Å². The summed E-state index contributed by atoms with van der Waals surface area (Å²) in [5.74, 6) is -0.515. The van der Waals surface area contributed by atoms with Crippen LogP contribution in [0.1, 0.15) is 15.9 Å². The van der Waals surface area contributed by atoms with Crippen LogP contribution in [0.2, 0.25) is 0 Å². The molecule has 2 amide bonds. The van der Waals surface area contributed by atoms with Gasteiger partial charge in [-0.3, -0.25) is 9.79 Å². The van der Waals surface area contributed by atoms with Gasteiger partial charge in [-0.15, -0.1) is 0 Å². The molecule has 1 unspecified atom stereocenters. The third-order valence-corrected chi connectivity index (χ3v) is 4.81. The summed E-state index contributed by atoms with van der Waals surface area (Å²) in [7, 11) is 2.58. The smallest absolute Gasteiger partial charge is 0.407 e. The van der Waals surface area contributed by atoms with Gasteiger partial charge in [0.1, 0.15) is 11.8 Å².